The number of rotatable bonds is 4. The van der Waals surface area contributed by atoms with Crippen LogP contribution in [0.2, 0.25) is 0 Å². The van der Waals surface area contributed by atoms with Gasteiger partial charge in [-0.05, 0) is 44.1 Å². The lowest BCUT2D eigenvalue weighted by Gasteiger charge is -2.62. The van der Waals surface area contributed by atoms with E-state index in [0.717, 1.165) is 5.56 Å². The van der Waals surface area contributed by atoms with Gasteiger partial charge in [-0.1, -0.05) is 6.92 Å². The van der Waals surface area contributed by atoms with Gasteiger partial charge in [-0.15, -0.1) is 0 Å². The zero-order valence-corrected chi connectivity index (χ0v) is 21.1. The van der Waals surface area contributed by atoms with Crippen molar-refractivity contribution in [3.05, 3.63) is 24.2 Å². The highest BCUT2D eigenvalue weighted by atomic mass is 16.7. The zero-order chi connectivity index (χ0) is 27.2. The van der Waals surface area contributed by atoms with E-state index in [9.17, 15) is 35.1 Å². The lowest BCUT2D eigenvalue weighted by Crippen LogP contribution is -2.72. The first-order valence-corrected chi connectivity index (χ1v) is 13.1. The third-order valence-electron chi connectivity index (χ3n) is 10.2. The summed E-state index contributed by atoms with van der Waals surface area (Å²) in [5, 5.41) is 52.2. The quantitative estimate of drug-likeness (QED) is 0.312. The standard InChI is InChI=1S/C26H34O12/c1-24-8-17-25(2)12(13(24)7-14(36-22(24)32)11-5-6-34-10-11)3-4-16(28)26(25,23(33)37-17)38-21-20(31)19(30)18(29)15(9-27)35-21/h5-6,10,12-21,27-31H,3-4,7-9H2,1-2H3. The lowest BCUT2D eigenvalue weighted by atomic mass is 9.43. The van der Waals surface area contributed by atoms with Crippen LogP contribution in [0.3, 0.4) is 0 Å². The van der Waals surface area contributed by atoms with E-state index in [2.05, 4.69) is 0 Å². The summed E-state index contributed by atoms with van der Waals surface area (Å²) in [5.41, 5.74) is -3.34. The fourth-order valence-corrected chi connectivity index (χ4v) is 7.97. The topological polar surface area (TPSA) is 185 Å². The third-order valence-corrected chi connectivity index (χ3v) is 10.2. The highest BCUT2D eigenvalue weighted by Gasteiger charge is 2.79. The van der Waals surface area contributed by atoms with Gasteiger partial charge in [-0.3, -0.25) is 4.79 Å². The summed E-state index contributed by atoms with van der Waals surface area (Å²) in [6.45, 7) is 2.94. The Kier molecular flexibility index (Phi) is 6.01. The van der Waals surface area contributed by atoms with Crippen LogP contribution in [-0.4, -0.2) is 92.6 Å². The molecule has 12 nitrogen and oxygen atoms in total. The minimum absolute atomic E-state index is 0.150. The van der Waals surface area contributed by atoms with Crippen LogP contribution in [0, 0.1) is 22.7 Å². The Morgan fingerprint density at radius 3 is 2.45 bits per heavy atom. The number of carbonyl (C=O) groups excluding carboxylic acids is 2. The number of carbonyl (C=O) groups is 2. The summed E-state index contributed by atoms with van der Waals surface area (Å²) in [6.07, 6.45) is -6.39. The summed E-state index contributed by atoms with van der Waals surface area (Å²) in [6, 6.07) is 1.74. The monoisotopic (exact) mass is 538 g/mol. The molecule has 1 aromatic rings. The molecule has 13 atom stereocenters. The van der Waals surface area contributed by atoms with Crippen LogP contribution in [-0.2, 0) is 28.5 Å². The van der Waals surface area contributed by atoms with Crippen molar-refractivity contribution in [2.75, 3.05) is 6.61 Å². The van der Waals surface area contributed by atoms with Crippen LogP contribution < -0.4 is 0 Å². The molecule has 0 aromatic carbocycles. The minimum atomic E-state index is -1.98. The largest absolute Gasteiger partial charge is 0.472 e. The second kappa shape index (κ2) is 8.72. The van der Waals surface area contributed by atoms with Gasteiger partial charge in [-0.2, -0.15) is 0 Å². The Labute approximate surface area is 218 Å². The first-order chi connectivity index (χ1) is 18.0. The van der Waals surface area contributed by atoms with Crippen molar-refractivity contribution >= 4 is 11.9 Å². The average Bonchev–Trinajstić information content (AvgIpc) is 3.49. The summed E-state index contributed by atoms with van der Waals surface area (Å²) < 4.78 is 28.7. The van der Waals surface area contributed by atoms with E-state index in [1.54, 1.807) is 13.0 Å². The molecule has 4 heterocycles. The first kappa shape index (κ1) is 26.2. The van der Waals surface area contributed by atoms with Gasteiger partial charge in [0.1, 0.15) is 36.6 Å². The van der Waals surface area contributed by atoms with Crippen molar-refractivity contribution in [1.29, 1.82) is 0 Å². The molecule has 13 unspecified atom stereocenters. The van der Waals surface area contributed by atoms with Gasteiger partial charge in [0.15, 0.2) is 6.29 Å². The van der Waals surface area contributed by atoms with Crippen molar-refractivity contribution in [3.8, 4) is 0 Å². The fourth-order valence-electron chi connectivity index (χ4n) is 7.97. The van der Waals surface area contributed by atoms with E-state index in [-0.39, 0.29) is 24.7 Å². The van der Waals surface area contributed by atoms with Crippen LogP contribution in [0.4, 0.5) is 0 Å². The molecule has 2 saturated carbocycles. The van der Waals surface area contributed by atoms with Gasteiger partial charge in [0.25, 0.3) is 0 Å². The molecule has 0 spiro atoms. The van der Waals surface area contributed by atoms with Gasteiger partial charge < -0.3 is 48.9 Å². The van der Waals surface area contributed by atoms with E-state index < -0.39 is 84.0 Å². The molecular formula is C26H34O12. The summed E-state index contributed by atoms with van der Waals surface area (Å²) in [7, 11) is 0. The molecule has 0 amide bonds. The van der Waals surface area contributed by atoms with Crippen molar-refractivity contribution in [2.45, 2.75) is 94.1 Å². The predicted molar refractivity (Wildman–Crippen MR) is 123 cm³/mol. The molecule has 210 valence electrons. The van der Waals surface area contributed by atoms with Crippen LogP contribution in [0.5, 0.6) is 0 Å². The fraction of sp³-hybridized carbons (Fsp3) is 0.769. The molecule has 3 aliphatic heterocycles. The van der Waals surface area contributed by atoms with Gasteiger partial charge in [0, 0.05) is 12.0 Å². The number of esters is 2. The van der Waals surface area contributed by atoms with Gasteiger partial charge in [0.2, 0.25) is 5.60 Å². The number of ether oxygens (including phenoxy) is 4. The highest BCUT2D eigenvalue weighted by molar-refractivity contribution is 5.86. The van der Waals surface area contributed by atoms with Gasteiger partial charge in [-0.25, -0.2) is 4.79 Å². The Hall–Kier alpha value is -2.06. The van der Waals surface area contributed by atoms with E-state index in [1.807, 2.05) is 6.92 Å². The normalized spacial score (nSPS) is 52.1. The molecule has 6 rings (SSSR count). The Balaban J connectivity index is 1.40. The number of hydrogen-bond donors (Lipinski definition) is 5. The van der Waals surface area contributed by atoms with Crippen LogP contribution in [0.25, 0.3) is 0 Å². The third kappa shape index (κ3) is 3.22. The van der Waals surface area contributed by atoms with Gasteiger partial charge >= 0.3 is 11.9 Å². The lowest BCUT2D eigenvalue weighted by molar-refractivity contribution is -0.354. The first-order valence-electron chi connectivity index (χ1n) is 13.1. The Bertz CT molecular complexity index is 1090. The SMILES string of the molecule is CC12CC3OC(=O)C4(OC5OC(CO)C(O)C(O)C5O)C(O)CCC(C1CC(c1ccoc1)OC2=O)C34C. The molecule has 5 N–H and O–H groups in total. The number of fused-ring (bicyclic) bond motifs is 2. The molecule has 0 bridgehead atoms. The number of aliphatic hydroxyl groups is 5. The van der Waals surface area contributed by atoms with Crippen molar-refractivity contribution < 1.29 is 58.5 Å². The number of aliphatic hydroxyl groups excluding tert-OH is 5. The summed E-state index contributed by atoms with van der Waals surface area (Å²) >= 11 is 0. The molecule has 5 aliphatic rings. The maximum Gasteiger partial charge on any atom is 0.342 e. The molecule has 1 aromatic heterocycles. The number of furan rings is 1. The Morgan fingerprint density at radius 2 is 1.76 bits per heavy atom. The molecule has 12 heteroatoms. The highest BCUT2D eigenvalue weighted by Crippen LogP contribution is 2.69. The molecule has 2 aliphatic carbocycles. The molecule has 3 saturated heterocycles. The smallest absolute Gasteiger partial charge is 0.342 e. The van der Waals surface area contributed by atoms with Crippen molar-refractivity contribution in [1.82, 2.24) is 0 Å². The van der Waals surface area contributed by atoms with Crippen molar-refractivity contribution in [3.63, 3.8) is 0 Å². The second-order valence-corrected chi connectivity index (χ2v) is 11.8. The Morgan fingerprint density at radius 1 is 1.00 bits per heavy atom. The number of hydrogen-bond acceptors (Lipinski definition) is 12. The molecular weight excluding hydrogens is 504 g/mol. The second-order valence-electron chi connectivity index (χ2n) is 11.8. The van der Waals surface area contributed by atoms with E-state index in [0.29, 0.717) is 12.8 Å². The molecule has 38 heavy (non-hydrogen) atoms. The maximum absolute atomic E-state index is 13.7. The predicted octanol–water partition coefficient (Wildman–Crippen LogP) is -0.448. The average molecular weight is 539 g/mol. The van der Waals surface area contributed by atoms with E-state index in [4.69, 9.17) is 23.4 Å². The van der Waals surface area contributed by atoms with Crippen LogP contribution in [0.15, 0.2) is 23.0 Å². The van der Waals surface area contributed by atoms with Crippen LogP contribution in [0.1, 0.15) is 51.2 Å². The van der Waals surface area contributed by atoms with E-state index in [1.165, 1.54) is 12.5 Å². The van der Waals surface area contributed by atoms with Crippen molar-refractivity contribution in [2.24, 2.45) is 22.7 Å². The summed E-state index contributed by atoms with van der Waals surface area (Å²) in [4.78, 5) is 27.1. The minimum Gasteiger partial charge on any atom is -0.472 e. The van der Waals surface area contributed by atoms with E-state index >= 15 is 0 Å². The van der Waals surface area contributed by atoms with Gasteiger partial charge in [0.05, 0.1) is 36.1 Å². The molecule has 0 radical (unpaired) electrons. The zero-order valence-electron chi connectivity index (χ0n) is 21.1. The van der Waals surface area contributed by atoms with Crippen LogP contribution >= 0.6 is 0 Å². The number of cyclic esters (lactones) is 1. The molecule has 5 fully saturated rings. The summed E-state index contributed by atoms with van der Waals surface area (Å²) in [5.74, 6) is -1.82. The maximum atomic E-state index is 13.7.